The third kappa shape index (κ3) is 9.23. The second-order valence-corrected chi connectivity index (χ2v) is 18.6. The van der Waals surface area contributed by atoms with Gasteiger partial charge in [-0.2, -0.15) is 12.5 Å². The van der Waals surface area contributed by atoms with Crippen LogP contribution < -0.4 is 4.57 Å². The number of ketones is 1. The Morgan fingerprint density at radius 3 is 1.81 bits per heavy atom. The van der Waals surface area contributed by atoms with Crippen LogP contribution in [-0.4, -0.2) is 10.9 Å². The summed E-state index contributed by atoms with van der Waals surface area (Å²) in [5, 5.41) is 15.4. The number of carbonyl (C=O) groups is 1. The van der Waals surface area contributed by atoms with Gasteiger partial charge in [0, 0.05) is 54.5 Å². The molecule has 0 spiro atoms. The molecule has 2 aromatic heterocycles. The maximum Gasteiger partial charge on any atom is 0.162 e. The van der Waals surface area contributed by atoms with E-state index in [1.807, 2.05) is 15.9 Å². The van der Waals surface area contributed by atoms with E-state index in [9.17, 15) is 9.90 Å². The molecule has 0 bridgehead atoms. The van der Waals surface area contributed by atoms with Crippen LogP contribution in [0.5, 0.6) is 0 Å². The fraction of sp³-hybridized carbons (Fsp3) is 0.458. The van der Waals surface area contributed by atoms with Crippen molar-refractivity contribution in [1.82, 2.24) is 0 Å². The van der Waals surface area contributed by atoms with Crippen molar-refractivity contribution in [3.05, 3.63) is 103 Å². The van der Waals surface area contributed by atoms with Gasteiger partial charge in [0.2, 0.25) is 0 Å². The summed E-state index contributed by atoms with van der Waals surface area (Å²) in [6, 6.07) is 17.9. The van der Waals surface area contributed by atoms with Crippen molar-refractivity contribution >= 4 is 48.1 Å². The van der Waals surface area contributed by atoms with E-state index in [1.165, 1.54) is 59.3 Å². The molecule has 0 atom stereocenters. The summed E-state index contributed by atoms with van der Waals surface area (Å²) in [6.07, 6.45) is 3.58. The van der Waals surface area contributed by atoms with Crippen molar-refractivity contribution in [1.29, 1.82) is 0 Å². The van der Waals surface area contributed by atoms with Crippen LogP contribution in [0.4, 0.5) is 0 Å². The van der Waals surface area contributed by atoms with Gasteiger partial charge in [-0.15, -0.1) is 34.4 Å². The number of aryl methyl sites for hydroxylation is 1. The number of pyridine rings is 1. The van der Waals surface area contributed by atoms with Crippen molar-refractivity contribution in [2.24, 2.45) is 35.5 Å². The molecule has 0 amide bonds. The van der Waals surface area contributed by atoms with Crippen molar-refractivity contribution in [2.45, 2.75) is 108 Å². The minimum Gasteiger partial charge on any atom is -0.512 e. The van der Waals surface area contributed by atoms with E-state index < -0.39 is 0 Å². The standard InChI is InChI=1S/C31H32NS.C17H32O2.Ir/c1-18(2)21-13-14-24-25-15-16-32(8)28(30(25)33-29(24)20(21)4)26-17-27(31(5,6)7)23-12-10-9-11-22(23)19(26)3;1-10(2)16(11(3)4)14(18)9-15(19)17(12(5)6)13(7)8;/h9-18H,3,8H2,1-2,4-7H3;9-13,16-18H,1-8H3;/q-1;;/b;14-9-;. The van der Waals surface area contributed by atoms with Crippen LogP contribution in [0.1, 0.15) is 118 Å². The van der Waals surface area contributed by atoms with Crippen molar-refractivity contribution in [3.63, 3.8) is 0 Å². The zero-order valence-electron chi connectivity index (χ0n) is 34.8. The van der Waals surface area contributed by atoms with E-state index >= 15 is 0 Å². The number of aliphatic hydroxyl groups excluding tert-OH is 1. The van der Waals surface area contributed by atoms with Crippen molar-refractivity contribution in [3.8, 4) is 11.3 Å². The second-order valence-electron chi connectivity index (χ2n) is 17.5. The quantitative estimate of drug-likeness (QED) is 0.0693. The predicted octanol–water partition coefficient (Wildman–Crippen LogP) is 13.6. The normalized spacial score (nSPS) is 12.7. The molecule has 2 heterocycles. The van der Waals surface area contributed by atoms with Crippen LogP contribution in [0.3, 0.4) is 0 Å². The summed E-state index contributed by atoms with van der Waals surface area (Å²) in [4.78, 5) is 12.3. The molecule has 3 aromatic carbocycles. The van der Waals surface area contributed by atoms with Crippen LogP contribution >= 0.6 is 11.3 Å². The van der Waals surface area contributed by atoms with Crippen LogP contribution in [0.15, 0.2) is 66.6 Å². The van der Waals surface area contributed by atoms with E-state index in [4.69, 9.17) is 0 Å². The number of carbonyl (C=O) groups excluding carboxylic acids is 1. The number of aromatic nitrogens is 1. The fourth-order valence-electron chi connectivity index (χ4n) is 8.43. The maximum absolute atomic E-state index is 12.3. The molecule has 0 aliphatic rings. The summed E-state index contributed by atoms with van der Waals surface area (Å²) in [5.74, 6) is 2.14. The molecule has 53 heavy (non-hydrogen) atoms. The molecule has 0 aliphatic heterocycles. The van der Waals surface area contributed by atoms with E-state index in [-0.39, 0.29) is 48.9 Å². The largest absolute Gasteiger partial charge is 0.512 e. The van der Waals surface area contributed by atoms with Crippen LogP contribution in [0, 0.1) is 56.4 Å². The summed E-state index contributed by atoms with van der Waals surface area (Å²) < 4.78 is 4.69. The average molecular weight is 911 g/mol. The van der Waals surface area contributed by atoms with Gasteiger partial charge >= 0.3 is 0 Å². The summed E-state index contributed by atoms with van der Waals surface area (Å²) in [7, 11) is 4.39. The minimum atomic E-state index is -0.0119. The number of aliphatic hydroxyl groups is 1. The molecule has 0 unspecified atom stereocenters. The van der Waals surface area contributed by atoms with Gasteiger partial charge < -0.3 is 9.67 Å². The van der Waals surface area contributed by atoms with E-state index in [2.05, 4.69) is 166 Å². The Hall–Kier alpha value is -3.11. The smallest absolute Gasteiger partial charge is 0.162 e. The van der Waals surface area contributed by atoms with Gasteiger partial charge in [-0.1, -0.05) is 131 Å². The molecule has 1 radical (unpaired) electrons. The zero-order chi connectivity index (χ0) is 39.0. The van der Waals surface area contributed by atoms with Gasteiger partial charge in [0.15, 0.2) is 5.78 Å². The van der Waals surface area contributed by atoms with Gasteiger partial charge in [-0.05, 0) is 69.9 Å². The minimum absolute atomic E-state index is 0. The first-order valence-electron chi connectivity index (χ1n) is 19.2. The molecule has 5 rings (SSSR count). The molecule has 1 N–H and O–H groups in total. The Morgan fingerprint density at radius 1 is 0.774 bits per heavy atom. The molecule has 289 valence electrons. The summed E-state index contributed by atoms with van der Waals surface area (Å²) in [6.45, 7) is 34.8. The molecule has 0 saturated carbocycles. The van der Waals surface area contributed by atoms with Crippen molar-refractivity contribution in [2.75, 3.05) is 0 Å². The van der Waals surface area contributed by atoms with Crippen molar-refractivity contribution < 1.29 is 34.6 Å². The number of nitrogens with zero attached hydrogens (tertiary/aromatic N) is 1. The average Bonchev–Trinajstić information content (AvgIpc) is 3.40. The van der Waals surface area contributed by atoms with Crippen LogP contribution in [0.25, 0.3) is 42.2 Å². The molecular weight excluding hydrogens is 847 g/mol. The van der Waals surface area contributed by atoms with Gasteiger partial charge in [0.1, 0.15) is 0 Å². The fourth-order valence-corrected chi connectivity index (χ4v) is 9.80. The number of hydrogen-bond donors (Lipinski definition) is 1. The second kappa shape index (κ2) is 17.6. The molecule has 3 nitrogen and oxygen atoms in total. The van der Waals surface area contributed by atoms with Gasteiger partial charge in [-0.25, -0.2) is 0 Å². The number of thiophene rings is 1. The summed E-state index contributed by atoms with van der Waals surface area (Å²) >= 11 is 1.89. The van der Waals surface area contributed by atoms with Crippen LogP contribution in [0.2, 0.25) is 0 Å². The van der Waals surface area contributed by atoms with Gasteiger partial charge in [0.05, 0.1) is 17.6 Å². The molecule has 0 fully saturated rings. The number of hydrogen-bond acceptors (Lipinski definition) is 3. The number of fused-ring (bicyclic) bond motifs is 4. The van der Waals surface area contributed by atoms with Gasteiger partial charge in [-0.3, -0.25) is 4.79 Å². The zero-order valence-corrected chi connectivity index (χ0v) is 38.0. The Balaban J connectivity index is 0.000000327. The molecular formula is C48H64IrNO2S-. The predicted molar refractivity (Wildman–Crippen MR) is 227 cm³/mol. The third-order valence-electron chi connectivity index (χ3n) is 10.8. The maximum atomic E-state index is 12.3. The SMILES string of the molecule is CC(C)C(C(=O)/C=C(\O)C(C(C)C)C(C)C)C(C)C.[CH2-]c1c(-c2c3sc4c(C)c(C(C)C)ccc4c3cc[n+]2[CH2-])cc(C(C)(C)C)c2ccccc12.[Ir]. The van der Waals surface area contributed by atoms with Gasteiger partial charge in [0.25, 0.3) is 0 Å². The number of allylic oxidation sites excluding steroid dienone is 2. The van der Waals surface area contributed by atoms with E-state index in [0.29, 0.717) is 29.6 Å². The Kier molecular flexibility index (Phi) is 14.7. The first kappa shape index (κ1) is 44.3. The first-order chi connectivity index (χ1) is 24.2. The Labute approximate surface area is 338 Å². The number of benzene rings is 3. The Morgan fingerprint density at radius 2 is 1.30 bits per heavy atom. The third-order valence-corrected chi connectivity index (χ3v) is 12.1. The van der Waals surface area contributed by atoms with E-state index in [1.54, 1.807) is 0 Å². The van der Waals surface area contributed by atoms with Crippen LogP contribution in [-0.2, 0) is 30.3 Å². The topological polar surface area (TPSA) is 41.2 Å². The molecule has 5 heteroatoms. The molecule has 5 aromatic rings. The monoisotopic (exact) mass is 911 g/mol. The summed E-state index contributed by atoms with van der Waals surface area (Å²) in [5.41, 5.74) is 7.58. The van der Waals surface area contributed by atoms with E-state index in [0.717, 1.165) is 11.3 Å². The first-order valence-corrected chi connectivity index (χ1v) is 20.0. The molecule has 0 aliphatic carbocycles. The molecule has 0 saturated heterocycles. The Bertz CT molecular complexity index is 2070. The number of rotatable bonds is 9.